The van der Waals surface area contributed by atoms with Crippen molar-refractivity contribution in [2.75, 3.05) is 31.6 Å². The van der Waals surface area contributed by atoms with Gasteiger partial charge in [0.2, 0.25) is 0 Å². The lowest BCUT2D eigenvalue weighted by Crippen LogP contribution is -2.40. The van der Waals surface area contributed by atoms with Crippen LogP contribution in [0.1, 0.15) is 33.6 Å². The smallest absolute Gasteiger partial charge is 0.191 e. The summed E-state index contributed by atoms with van der Waals surface area (Å²) in [4.78, 5) is 4.05. The SMILES string of the molecule is CCS(=O)(=O)CCNC(=NC)NCCCC(C)C. The average Bonchev–Trinajstić information content (AvgIpc) is 2.31. The summed E-state index contributed by atoms with van der Waals surface area (Å²) in [6, 6.07) is 0. The second-order valence-electron chi connectivity index (χ2n) is 4.70. The molecule has 0 spiro atoms. The van der Waals surface area contributed by atoms with Gasteiger partial charge >= 0.3 is 0 Å². The number of guanidine groups is 1. The van der Waals surface area contributed by atoms with E-state index in [9.17, 15) is 8.42 Å². The molecule has 0 aromatic rings. The largest absolute Gasteiger partial charge is 0.356 e. The Kier molecular flexibility index (Phi) is 8.79. The Labute approximate surface area is 111 Å². The fourth-order valence-corrected chi connectivity index (χ4v) is 2.11. The van der Waals surface area contributed by atoms with Crippen molar-refractivity contribution < 1.29 is 8.42 Å². The number of aliphatic imine (C=N–C) groups is 1. The first-order valence-electron chi connectivity index (χ1n) is 6.56. The van der Waals surface area contributed by atoms with Gasteiger partial charge in [-0.25, -0.2) is 8.42 Å². The van der Waals surface area contributed by atoms with Crippen LogP contribution < -0.4 is 10.6 Å². The van der Waals surface area contributed by atoms with E-state index in [2.05, 4.69) is 29.5 Å². The molecule has 0 unspecified atom stereocenters. The minimum atomic E-state index is -2.91. The van der Waals surface area contributed by atoms with Crippen LogP contribution in [-0.4, -0.2) is 46.0 Å². The summed E-state index contributed by atoms with van der Waals surface area (Å²) >= 11 is 0. The highest BCUT2D eigenvalue weighted by atomic mass is 32.2. The van der Waals surface area contributed by atoms with Crippen LogP contribution in [0.5, 0.6) is 0 Å². The molecule has 108 valence electrons. The lowest BCUT2D eigenvalue weighted by Gasteiger charge is -2.12. The van der Waals surface area contributed by atoms with Crippen LogP contribution in [0.3, 0.4) is 0 Å². The van der Waals surface area contributed by atoms with E-state index in [1.807, 2.05) is 0 Å². The van der Waals surface area contributed by atoms with Crippen LogP contribution in [0.15, 0.2) is 4.99 Å². The van der Waals surface area contributed by atoms with E-state index in [1.165, 1.54) is 6.42 Å². The first-order valence-corrected chi connectivity index (χ1v) is 8.38. The quantitative estimate of drug-likeness (QED) is 0.395. The minimum absolute atomic E-state index is 0.149. The van der Waals surface area contributed by atoms with Gasteiger partial charge in [-0.1, -0.05) is 20.8 Å². The Morgan fingerprint density at radius 2 is 1.83 bits per heavy atom. The number of nitrogens with one attached hydrogen (secondary N) is 2. The zero-order valence-corrected chi connectivity index (χ0v) is 12.8. The molecule has 0 saturated carbocycles. The molecule has 0 bridgehead atoms. The zero-order valence-electron chi connectivity index (χ0n) is 12.0. The van der Waals surface area contributed by atoms with Gasteiger partial charge in [-0.05, 0) is 18.8 Å². The first kappa shape index (κ1) is 17.2. The normalized spacial score (nSPS) is 12.8. The van der Waals surface area contributed by atoms with Crippen LogP contribution in [0.4, 0.5) is 0 Å². The average molecular weight is 277 g/mol. The van der Waals surface area contributed by atoms with Crippen molar-refractivity contribution in [3.05, 3.63) is 0 Å². The van der Waals surface area contributed by atoms with Crippen LogP contribution in [-0.2, 0) is 9.84 Å². The highest BCUT2D eigenvalue weighted by molar-refractivity contribution is 7.91. The number of hydrogen-bond donors (Lipinski definition) is 2. The fourth-order valence-electron chi connectivity index (χ4n) is 1.41. The Morgan fingerprint density at radius 1 is 1.22 bits per heavy atom. The van der Waals surface area contributed by atoms with Gasteiger partial charge in [0.1, 0.15) is 0 Å². The lowest BCUT2D eigenvalue weighted by molar-refractivity contribution is 0.549. The highest BCUT2D eigenvalue weighted by Gasteiger charge is 2.07. The van der Waals surface area contributed by atoms with Gasteiger partial charge < -0.3 is 10.6 Å². The van der Waals surface area contributed by atoms with Gasteiger partial charge in [-0.2, -0.15) is 0 Å². The monoisotopic (exact) mass is 277 g/mol. The van der Waals surface area contributed by atoms with E-state index in [4.69, 9.17) is 0 Å². The van der Waals surface area contributed by atoms with Gasteiger partial charge in [0.15, 0.2) is 15.8 Å². The maximum Gasteiger partial charge on any atom is 0.191 e. The van der Waals surface area contributed by atoms with Crippen LogP contribution >= 0.6 is 0 Å². The van der Waals surface area contributed by atoms with Crippen molar-refractivity contribution in [3.8, 4) is 0 Å². The number of sulfone groups is 1. The minimum Gasteiger partial charge on any atom is -0.356 e. The third kappa shape index (κ3) is 9.27. The van der Waals surface area contributed by atoms with Crippen molar-refractivity contribution in [1.82, 2.24) is 10.6 Å². The van der Waals surface area contributed by atoms with E-state index in [1.54, 1.807) is 14.0 Å². The second-order valence-corrected chi connectivity index (χ2v) is 7.17. The Balaban J connectivity index is 3.79. The summed E-state index contributed by atoms with van der Waals surface area (Å²) in [5.74, 6) is 1.72. The van der Waals surface area contributed by atoms with Gasteiger partial charge in [-0.3, -0.25) is 4.99 Å². The standard InChI is InChI=1S/C12H27N3O2S/c1-5-18(16,17)10-9-15-12(13-4)14-8-6-7-11(2)3/h11H,5-10H2,1-4H3,(H2,13,14,15). The molecule has 18 heavy (non-hydrogen) atoms. The molecule has 0 fully saturated rings. The molecule has 0 heterocycles. The van der Waals surface area contributed by atoms with Gasteiger partial charge in [0.05, 0.1) is 5.75 Å². The second kappa shape index (κ2) is 9.19. The summed E-state index contributed by atoms with van der Waals surface area (Å²) in [6.07, 6.45) is 2.26. The molecule has 0 aromatic heterocycles. The number of hydrogen-bond acceptors (Lipinski definition) is 3. The highest BCUT2D eigenvalue weighted by Crippen LogP contribution is 2.01. The van der Waals surface area contributed by atoms with Crippen molar-refractivity contribution in [2.24, 2.45) is 10.9 Å². The van der Waals surface area contributed by atoms with Crippen LogP contribution in [0, 0.1) is 5.92 Å². The summed E-state index contributed by atoms with van der Waals surface area (Å²) in [5.41, 5.74) is 0. The predicted octanol–water partition coefficient (Wildman–Crippen LogP) is 1.02. The first-order chi connectivity index (χ1) is 8.41. The molecule has 0 aliphatic rings. The molecule has 0 amide bonds. The Morgan fingerprint density at radius 3 is 2.33 bits per heavy atom. The maximum atomic E-state index is 11.3. The number of nitrogens with zero attached hydrogens (tertiary/aromatic N) is 1. The van der Waals surface area contributed by atoms with Gasteiger partial charge in [0.25, 0.3) is 0 Å². The molecule has 0 rings (SSSR count). The molecule has 5 nitrogen and oxygen atoms in total. The molecular formula is C12H27N3O2S. The van der Waals surface area contributed by atoms with Gasteiger partial charge in [-0.15, -0.1) is 0 Å². The van der Waals surface area contributed by atoms with E-state index in [0.717, 1.165) is 13.0 Å². The molecular weight excluding hydrogens is 250 g/mol. The maximum absolute atomic E-state index is 11.3. The summed E-state index contributed by atoms with van der Waals surface area (Å²) in [5, 5.41) is 6.18. The van der Waals surface area contributed by atoms with Crippen molar-refractivity contribution in [3.63, 3.8) is 0 Å². The molecule has 0 radical (unpaired) electrons. The zero-order chi connectivity index (χ0) is 14.0. The van der Waals surface area contributed by atoms with Crippen LogP contribution in [0.25, 0.3) is 0 Å². The Hall–Kier alpha value is -0.780. The molecule has 2 N–H and O–H groups in total. The van der Waals surface area contributed by atoms with E-state index >= 15 is 0 Å². The van der Waals surface area contributed by atoms with Crippen LogP contribution in [0.2, 0.25) is 0 Å². The molecule has 0 saturated heterocycles. The molecule has 6 heteroatoms. The Bertz CT molecular complexity index is 337. The summed E-state index contributed by atoms with van der Waals surface area (Å²) in [7, 11) is -1.22. The fraction of sp³-hybridized carbons (Fsp3) is 0.917. The molecule has 0 aliphatic heterocycles. The van der Waals surface area contributed by atoms with Crippen molar-refractivity contribution in [1.29, 1.82) is 0 Å². The predicted molar refractivity (Wildman–Crippen MR) is 77.8 cm³/mol. The summed E-state index contributed by atoms with van der Waals surface area (Å²) < 4.78 is 22.6. The topological polar surface area (TPSA) is 70.6 Å². The molecule has 0 aromatic carbocycles. The third-order valence-corrected chi connectivity index (χ3v) is 4.33. The molecule has 0 aliphatic carbocycles. The third-order valence-electron chi connectivity index (χ3n) is 2.62. The van der Waals surface area contributed by atoms with Crippen molar-refractivity contribution >= 4 is 15.8 Å². The van der Waals surface area contributed by atoms with Crippen molar-refractivity contribution in [2.45, 2.75) is 33.6 Å². The molecule has 0 atom stereocenters. The van der Waals surface area contributed by atoms with Gasteiger partial charge in [0, 0.05) is 25.9 Å². The lowest BCUT2D eigenvalue weighted by atomic mass is 10.1. The van der Waals surface area contributed by atoms with E-state index in [-0.39, 0.29) is 11.5 Å². The summed E-state index contributed by atoms with van der Waals surface area (Å²) in [6.45, 7) is 7.32. The van der Waals surface area contributed by atoms with E-state index < -0.39 is 9.84 Å². The number of rotatable bonds is 8. The van der Waals surface area contributed by atoms with E-state index in [0.29, 0.717) is 18.4 Å².